The Kier molecular flexibility index (Phi) is 2.04. The van der Waals surface area contributed by atoms with E-state index in [-0.39, 0.29) is 5.43 Å². The molecule has 0 saturated carbocycles. The average Bonchev–Trinajstić information content (AvgIpc) is 1.88. The number of rotatable bonds is 2. The van der Waals surface area contributed by atoms with Crippen LogP contribution < -0.4 is 10.2 Å². The van der Waals surface area contributed by atoms with Crippen LogP contribution in [0.15, 0.2) is 17.1 Å². The fourth-order valence-corrected chi connectivity index (χ4v) is 0.588. The molecule has 1 heterocycles. The van der Waals surface area contributed by atoms with Gasteiger partial charge in [-0.05, 0) is 6.92 Å². The Morgan fingerprint density at radius 1 is 1.80 bits per heavy atom. The molecule has 1 aromatic heterocycles. The molecule has 0 fully saturated rings. The van der Waals surface area contributed by atoms with E-state index in [1.165, 1.54) is 12.3 Å². The molecule has 0 aliphatic heterocycles. The van der Waals surface area contributed by atoms with Crippen LogP contribution in [0.25, 0.3) is 0 Å². The van der Waals surface area contributed by atoms with Crippen LogP contribution in [0.2, 0.25) is 0 Å². The summed E-state index contributed by atoms with van der Waals surface area (Å²) in [6, 6.07) is 1.36. The third-order valence-electron chi connectivity index (χ3n) is 0.940. The molecule has 10 heavy (non-hydrogen) atoms. The van der Waals surface area contributed by atoms with Crippen molar-refractivity contribution < 1.29 is 4.74 Å². The number of hydrogen-bond donors (Lipinski definition) is 1. The van der Waals surface area contributed by atoms with Crippen molar-refractivity contribution in [2.45, 2.75) is 6.92 Å². The summed E-state index contributed by atoms with van der Waals surface area (Å²) in [6.07, 6.45) is 1.20. The standard InChI is InChI=1S/C6H8N2O2/c1-2-10-6-3-5(9)4-7-8-6/h3-4H,2H2,1H3,(H,8,9). The number of H-pyrrole nitrogens is 1. The van der Waals surface area contributed by atoms with Crippen molar-refractivity contribution in [1.82, 2.24) is 10.2 Å². The lowest BCUT2D eigenvalue weighted by Gasteiger charge is -1.98. The summed E-state index contributed by atoms with van der Waals surface area (Å²) in [7, 11) is 0. The predicted octanol–water partition coefficient (Wildman–Crippen LogP) is 0.169. The predicted molar refractivity (Wildman–Crippen MR) is 36.0 cm³/mol. The lowest BCUT2D eigenvalue weighted by molar-refractivity contribution is 0.322. The first-order valence-electron chi connectivity index (χ1n) is 3.00. The van der Waals surface area contributed by atoms with E-state index < -0.39 is 0 Å². The highest BCUT2D eigenvalue weighted by atomic mass is 16.5. The number of nitrogens with zero attached hydrogens (tertiary/aromatic N) is 1. The maximum atomic E-state index is 10.6. The molecule has 1 aromatic rings. The highest BCUT2D eigenvalue weighted by Gasteiger charge is 1.90. The molecule has 4 heteroatoms. The Morgan fingerprint density at radius 3 is 3.20 bits per heavy atom. The fourth-order valence-electron chi connectivity index (χ4n) is 0.588. The topological polar surface area (TPSA) is 55.0 Å². The zero-order valence-electron chi connectivity index (χ0n) is 5.63. The molecule has 0 aromatic carbocycles. The van der Waals surface area contributed by atoms with Gasteiger partial charge in [0.05, 0.1) is 12.8 Å². The molecular formula is C6H8N2O2. The Balaban J connectivity index is 2.85. The van der Waals surface area contributed by atoms with Gasteiger partial charge in [-0.25, -0.2) is 5.10 Å². The Bertz CT molecular complexity index is 256. The summed E-state index contributed by atoms with van der Waals surface area (Å²) >= 11 is 0. The lowest BCUT2D eigenvalue weighted by atomic mass is 10.5. The van der Waals surface area contributed by atoms with E-state index in [0.29, 0.717) is 12.5 Å². The van der Waals surface area contributed by atoms with Crippen molar-refractivity contribution in [3.63, 3.8) is 0 Å². The van der Waals surface area contributed by atoms with Gasteiger partial charge in [0.2, 0.25) is 11.3 Å². The second-order valence-electron chi connectivity index (χ2n) is 1.71. The third-order valence-corrected chi connectivity index (χ3v) is 0.940. The smallest absolute Gasteiger partial charge is 0.211 e. The van der Waals surface area contributed by atoms with Crippen LogP contribution in [-0.4, -0.2) is 16.8 Å². The van der Waals surface area contributed by atoms with Gasteiger partial charge in [-0.2, -0.15) is 5.10 Å². The van der Waals surface area contributed by atoms with Crippen molar-refractivity contribution in [2.75, 3.05) is 6.61 Å². The number of ether oxygens (including phenoxy) is 1. The van der Waals surface area contributed by atoms with Crippen molar-refractivity contribution in [2.24, 2.45) is 0 Å². The maximum Gasteiger partial charge on any atom is 0.211 e. The average molecular weight is 140 g/mol. The van der Waals surface area contributed by atoms with Gasteiger partial charge in [-0.1, -0.05) is 0 Å². The maximum absolute atomic E-state index is 10.6. The normalized spacial score (nSPS) is 9.30. The summed E-state index contributed by atoms with van der Waals surface area (Å²) in [6.45, 7) is 2.37. The highest BCUT2D eigenvalue weighted by molar-refractivity contribution is 5.05. The molecule has 54 valence electrons. The van der Waals surface area contributed by atoms with Gasteiger partial charge in [0.25, 0.3) is 0 Å². The Labute approximate surface area is 57.8 Å². The first-order valence-corrected chi connectivity index (χ1v) is 3.00. The molecule has 4 nitrogen and oxygen atoms in total. The van der Waals surface area contributed by atoms with E-state index in [1.54, 1.807) is 0 Å². The van der Waals surface area contributed by atoms with Crippen LogP contribution in [0.5, 0.6) is 5.88 Å². The third kappa shape index (κ3) is 1.58. The first kappa shape index (κ1) is 6.80. The molecular weight excluding hydrogens is 132 g/mol. The molecule has 1 rings (SSSR count). The minimum absolute atomic E-state index is 0.151. The van der Waals surface area contributed by atoms with E-state index in [1.807, 2.05) is 6.92 Å². The number of hydrogen-bond acceptors (Lipinski definition) is 3. The molecule has 0 amide bonds. The molecule has 0 unspecified atom stereocenters. The summed E-state index contributed by atoms with van der Waals surface area (Å²) < 4.78 is 4.97. The van der Waals surface area contributed by atoms with Gasteiger partial charge in [0, 0.05) is 6.07 Å². The molecule has 0 spiro atoms. The number of aromatic amines is 1. The van der Waals surface area contributed by atoms with E-state index in [2.05, 4.69) is 10.2 Å². The van der Waals surface area contributed by atoms with Crippen molar-refractivity contribution in [1.29, 1.82) is 0 Å². The van der Waals surface area contributed by atoms with Gasteiger partial charge in [0.15, 0.2) is 0 Å². The quantitative estimate of drug-likeness (QED) is 0.637. The van der Waals surface area contributed by atoms with Crippen LogP contribution in [0, 0.1) is 0 Å². The molecule has 0 atom stereocenters. The first-order chi connectivity index (χ1) is 4.83. The SMILES string of the molecule is CCOc1cc(=O)cn[nH]1. The van der Waals surface area contributed by atoms with E-state index in [9.17, 15) is 4.79 Å². The molecule has 0 bridgehead atoms. The molecule has 1 N–H and O–H groups in total. The largest absolute Gasteiger partial charge is 0.478 e. The highest BCUT2D eigenvalue weighted by Crippen LogP contribution is 1.96. The molecule has 0 radical (unpaired) electrons. The van der Waals surface area contributed by atoms with Crippen LogP contribution in [0.4, 0.5) is 0 Å². The minimum atomic E-state index is -0.151. The van der Waals surface area contributed by atoms with Crippen molar-refractivity contribution >= 4 is 0 Å². The van der Waals surface area contributed by atoms with E-state index in [0.717, 1.165) is 0 Å². The monoisotopic (exact) mass is 140 g/mol. The van der Waals surface area contributed by atoms with Crippen LogP contribution >= 0.6 is 0 Å². The number of aromatic nitrogens is 2. The molecule has 0 saturated heterocycles. The van der Waals surface area contributed by atoms with Gasteiger partial charge < -0.3 is 4.74 Å². The second-order valence-corrected chi connectivity index (χ2v) is 1.71. The molecule has 0 aliphatic rings. The van der Waals surface area contributed by atoms with Gasteiger partial charge in [-0.15, -0.1) is 0 Å². The van der Waals surface area contributed by atoms with Crippen LogP contribution in [-0.2, 0) is 0 Å². The number of nitrogens with one attached hydrogen (secondary N) is 1. The van der Waals surface area contributed by atoms with E-state index >= 15 is 0 Å². The second kappa shape index (κ2) is 3.00. The van der Waals surface area contributed by atoms with Gasteiger partial charge >= 0.3 is 0 Å². The zero-order valence-corrected chi connectivity index (χ0v) is 5.63. The molecule has 0 aliphatic carbocycles. The van der Waals surface area contributed by atoms with Crippen molar-refractivity contribution in [3.8, 4) is 5.88 Å². The summed E-state index contributed by atoms with van der Waals surface area (Å²) in [5, 5.41) is 6.08. The zero-order chi connectivity index (χ0) is 7.40. The Morgan fingerprint density at radius 2 is 2.60 bits per heavy atom. The van der Waals surface area contributed by atoms with Crippen molar-refractivity contribution in [3.05, 3.63) is 22.5 Å². The van der Waals surface area contributed by atoms with Crippen LogP contribution in [0.1, 0.15) is 6.92 Å². The summed E-state index contributed by atoms with van der Waals surface area (Å²) in [4.78, 5) is 10.6. The summed E-state index contributed by atoms with van der Waals surface area (Å²) in [5.41, 5.74) is -0.151. The van der Waals surface area contributed by atoms with Gasteiger partial charge in [-0.3, -0.25) is 4.79 Å². The van der Waals surface area contributed by atoms with E-state index in [4.69, 9.17) is 4.74 Å². The van der Waals surface area contributed by atoms with Crippen LogP contribution in [0.3, 0.4) is 0 Å². The fraction of sp³-hybridized carbons (Fsp3) is 0.333. The summed E-state index contributed by atoms with van der Waals surface area (Å²) in [5.74, 6) is 0.412. The Hall–Kier alpha value is -1.32. The van der Waals surface area contributed by atoms with Gasteiger partial charge in [0.1, 0.15) is 0 Å². The lowest BCUT2D eigenvalue weighted by Crippen LogP contribution is -2.03. The minimum Gasteiger partial charge on any atom is -0.478 e.